The van der Waals surface area contributed by atoms with Crippen LogP contribution in [0.15, 0.2) is 24.3 Å². The minimum atomic E-state index is -4.45. The molecule has 3 unspecified atom stereocenters. The van der Waals surface area contributed by atoms with E-state index in [1.807, 2.05) is 0 Å². The molecule has 0 heterocycles. The van der Waals surface area contributed by atoms with Crippen molar-refractivity contribution in [3.05, 3.63) is 35.4 Å². The molecule has 0 saturated heterocycles. The molecular formula is C18H22F3NO3S. The van der Waals surface area contributed by atoms with Gasteiger partial charge < -0.3 is 4.90 Å². The summed E-state index contributed by atoms with van der Waals surface area (Å²) in [7, 11) is -3.25. The van der Waals surface area contributed by atoms with E-state index in [0.29, 0.717) is 6.42 Å². The van der Waals surface area contributed by atoms with Gasteiger partial charge in [0, 0.05) is 24.3 Å². The predicted molar refractivity (Wildman–Crippen MR) is 91.3 cm³/mol. The highest BCUT2D eigenvalue weighted by atomic mass is 32.2. The molecule has 0 spiro atoms. The van der Waals surface area contributed by atoms with Gasteiger partial charge in [0.15, 0.2) is 0 Å². The monoisotopic (exact) mass is 389 g/mol. The molecule has 2 saturated carbocycles. The fourth-order valence-electron chi connectivity index (χ4n) is 3.71. The van der Waals surface area contributed by atoms with E-state index in [2.05, 4.69) is 0 Å². The van der Waals surface area contributed by atoms with Crippen LogP contribution in [0.25, 0.3) is 0 Å². The SMILES string of the molecule is CC(CS(C)(=O)=O)N(C(=O)C1CC1c1ccccc1C(F)(F)F)C1CC1. The second-order valence-electron chi connectivity index (χ2n) is 7.45. The molecule has 3 rings (SSSR count). The van der Waals surface area contributed by atoms with Gasteiger partial charge in [0.1, 0.15) is 9.84 Å². The molecule has 0 aromatic heterocycles. The lowest BCUT2D eigenvalue weighted by Gasteiger charge is -2.29. The number of alkyl halides is 3. The molecule has 1 aromatic carbocycles. The highest BCUT2D eigenvalue weighted by Gasteiger charge is 2.51. The topological polar surface area (TPSA) is 54.5 Å². The minimum absolute atomic E-state index is 0.0124. The Morgan fingerprint density at radius 1 is 1.27 bits per heavy atom. The van der Waals surface area contributed by atoms with Crippen molar-refractivity contribution in [2.45, 2.75) is 50.4 Å². The summed E-state index contributed by atoms with van der Waals surface area (Å²) in [6.07, 6.45) is -1.32. The van der Waals surface area contributed by atoms with Crippen LogP contribution in [-0.4, -0.2) is 43.3 Å². The molecule has 8 heteroatoms. The normalized spacial score (nSPS) is 24.2. The third-order valence-corrected chi connectivity index (χ3v) is 6.07. The van der Waals surface area contributed by atoms with E-state index in [0.717, 1.165) is 25.2 Å². The number of carbonyl (C=O) groups excluding carboxylic acids is 1. The minimum Gasteiger partial charge on any atom is -0.336 e. The van der Waals surface area contributed by atoms with Gasteiger partial charge in [-0.2, -0.15) is 13.2 Å². The molecule has 0 bridgehead atoms. The van der Waals surface area contributed by atoms with E-state index < -0.39 is 39.5 Å². The van der Waals surface area contributed by atoms with Crippen LogP contribution in [0.5, 0.6) is 0 Å². The molecule has 2 fully saturated rings. The van der Waals surface area contributed by atoms with Crippen LogP contribution in [0.2, 0.25) is 0 Å². The van der Waals surface area contributed by atoms with Gasteiger partial charge in [-0.15, -0.1) is 0 Å². The molecule has 2 aliphatic rings. The third-order valence-electron chi connectivity index (χ3n) is 4.99. The molecule has 0 radical (unpaired) electrons. The number of carbonyl (C=O) groups is 1. The Hall–Kier alpha value is -1.57. The highest BCUT2D eigenvalue weighted by molar-refractivity contribution is 7.90. The Morgan fingerprint density at radius 2 is 1.88 bits per heavy atom. The first-order valence-corrected chi connectivity index (χ1v) is 10.7. The van der Waals surface area contributed by atoms with E-state index in [-0.39, 0.29) is 23.3 Å². The second-order valence-corrected chi connectivity index (χ2v) is 9.64. The molecule has 1 aromatic rings. The molecule has 144 valence electrons. The first-order chi connectivity index (χ1) is 12.0. The predicted octanol–water partition coefficient (Wildman–Crippen LogP) is 3.23. The third kappa shape index (κ3) is 4.22. The van der Waals surface area contributed by atoms with Crippen LogP contribution in [0, 0.1) is 5.92 Å². The summed E-state index contributed by atoms with van der Waals surface area (Å²) in [5.74, 6) is -1.30. The van der Waals surface area contributed by atoms with Crippen LogP contribution < -0.4 is 0 Å². The zero-order chi connectivity index (χ0) is 19.3. The number of sulfone groups is 1. The van der Waals surface area contributed by atoms with Crippen LogP contribution in [0.3, 0.4) is 0 Å². The van der Waals surface area contributed by atoms with E-state index in [4.69, 9.17) is 0 Å². The van der Waals surface area contributed by atoms with Crippen LogP contribution >= 0.6 is 0 Å². The van der Waals surface area contributed by atoms with Gasteiger partial charge in [-0.1, -0.05) is 18.2 Å². The highest BCUT2D eigenvalue weighted by Crippen LogP contribution is 2.52. The maximum atomic E-state index is 13.2. The summed E-state index contributed by atoms with van der Waals surface area (Å²) < 4.78 is 62.8. The van der Waals surface area contributed by atoms with Crippen LogP contribution in [0.4, 0.5) is 13.2 Å². The van der Waals surface area contributed by atoms with Gasteiger partial charge in [0.25, 0.3) is 0 Å². The molecule has 4 nitrogen and oxygen atoms in total. The lowest BCUT2D eigenvalue weighted by Crippen LogP contribution is -2.44. The number of rotatable bonds is 6. The Morgan fingerprint density at radius 3 is 2.42 bits per heavy atom. The average Bonchev–Trinajstić information content (AvgIpc) is 3.38. The van der Waals surface area contributed by atoms with Gasteiger partial charge in [-0.3, -0.25) is 4.79 Å². The number of amides is 1. The first kappa shape index (κ1) is 19.2. The smallest absolute Gasteiger partial charge is 0.336 e. The summed E-state index contributed by atoms with van der Waals surface area (Å²) in [4.78, 5) is 14.5. The molecule has 3 atom stereocenters. The Bertz CT molecular complexity index is 802. The van der Waals surface area contributed by atoms with Crippen molar-refractivity contribution in [3.8, 4) is 0 Å². The van der Waals surface area contributed by atoms with Gasteiger partial charge in [0.05, 0.1) is 11.3 Å². The van der Waals surface area contributed by atoms with Crippen molar-refractivity contribution in [2.24, 2.45) is 5.92 Å². The molecule has 26 heavy (non-hydrogen) atoms. The zero-order valence-electron chi connectivity index (χ0n) is 14.7. The number of halogens is 3. The fourth-order valence-corrected chi connectivity index (χ4v) is 4.75. The summed E-state index contributed by atoms with van der Waals surface area (Å²) >= 11 is 0. The van der Waals surface area contributed by atoms with Gasteiger partial charge >= 0.3 is 6.18 Å². The van der Waals surface area contributed by atoms with Gasteiger partial charge in [-0.05, 0) is 43.7 Å². The van der Waals surface area contributed by atoms with Crippen molar-refractivity contribution in [3.63, 3.8) is 0 Å². The molecule has 0 N–H and O–H groups in total. The molecule has 0 aliphatic heterocycles. The quantitative estimate of drug-likeness (QED) is 0.751. The zero-order valence-corrected chi connectivity index (χ0v) is 15.5. The number of nitrogens with zero attached hydrogens (tertiary/aromatic N) is 1. The Kier molecular flexibility index (Phi) is 4.83. The van der Waals surface area contributed by atoms with Crippen molar-refractivity contribution < 1.29 is 26.4 Å². The lowest BCUT2D eigenvalue weighted by molar-refractivity contribution is -0.139. The van der Waals surface area contributed by atoms with Crippen molar-refractivity contribution in [2.75, 3.05) is 12.0 Å². The number of hydrogen-bond donors (Lipinski definition) is 0. The van der Waals surface area contributed by atoms with Crippen molar-refractivity contribution >= 4 is 15.7 Å². The summed E-state index contributed by atoms with van der Waals surface area (Å²) in [6.45, 7) is 1.69. The number of hydrogen-bond acceptors (Lipinski definition) is 3. The van der Waals surface area contributed by atoms with Crippen molar-refractivity contribution in [1.82, 2.24) is 4.90 Å². The van der Waals surface area contributed by atoms with Crippen LogP contribution in [-0.2, 0) is 20.8 Å². The fraction of sp³-hybridized carbons (Fsp3) is 0.611. The summed E-state index contributed by atoms with van der Waals surface area (Å²) in [6, 6.07) is 4.91. The Balaban J connectivity index is 1.78. The van der Waals surface area contributed by atoms with E-state index in [1.165, 1.54) is 12.1 Å². The van der Waals surface area contributed by atoms with E-state index in [1.54, 1.807) is 17.9 Å². The maximum Gasteiger partial charge on any atom is 0.416 e. The maximum absolute atomic E-state index is 13.2. The second kappa shape index (κ2) is 6.55. The van der Waals surface area contributed by atoms with Gasteiger partial charge in [-0.25, -0.2) is 8.42 Å². The van der Waals surface area contributed by atoms with Gasteiger partial charge in [0.2, 0.25) is 5.91 Å². The summed E-state index contributed by atoms with van der Waals surface area (Å²) in [5.41, 5.74) is -0.535. The average molecular weight is 389 g/mol. The Labute approximate surface area is 151 Å². The summed E-state index contributed by atoms with van der Waals surface area (Å²) in [5, 5.41) is 0. The molecule has 2 aliphatic carbocycles. The van der Waals surface area contributed by atoms with Crippen LogP contribution in [0.1, 0.15) is 43.2 Å². The van der Waals surface area contributed by atoms with Crippen molar-refractivity contribution in [1.29, 1.82) is 0 Å². The molecular weight excluding hydrogens is 367 g/mol. The lowest BCUT2D eigenvalue weighted by atomic mass is 10.0. The van der Waals surface area contributed by atoms with E-state index >= 15 is 0 Å². The number of benzene rings is 1. The van der Waals surface area contributed by atoms with E-state index in [9.17, 15) is 26.4 Å². The largest absolute Gasteiger partial charge is 0.416 e. The molecule has 1 amide bonds. The standard InChI is InChI=1S/C18H22F3NO3S/c1-11(10-26(2,24)25)22(12-7-8-12)17(23)15-9-14(15)13-5-3-4-6-16(13)18(19,20)21/h3-6,11-12,14-15H,7-10H2,1-2H3. The first-order valence-electron chi connectivity index (χ1n) is 8.65.